The summed E-state index contributed by atoms with van der Waals surface area (Å²) in [6.07, 6.45) is 10.1. The number of benzene rings is 8. The third kappa shape index (κ3) is 15.5. The molecule has 1 aliphatic carbocycles. The Labute approximate surface area is 610 Å². The fourth-order valence-electron chi connectivity index (χ4n) is 14.0. The van der Waals surface area contributed by atoms with Crippen LogP contribution in [0.15, 0.2) is 242 Å². The predicted octanol–water partition coefficient (Wildman–Crippen LogP) is 16.5. The van der Waals surface area contributed by atoms with E-state index < -0.39 is 30.3 Å². The molecule has 4 amide bonds. The molecule has 0 bridgehead atoms. The number of H-pyrrole nitrogens is 4. The Kier molecular flexibility index (Phi) is 21.8. The molecule has 16 nitrogen and oxygen atoms in total. The highest BCUT2D eigenvalue weighted by Crippen LogP contribution is 2.45. The lowest BCUT2D eigenvalue weighted by molar-refractivity contribution is -0.132. The molecular weight excluding hydrogens is 1410 g/mol. The first-order chi connectivity index (χ1) is 48.7. The number of rotatable bonds is 21. The highest BCUT2D eigenvalue weighted by atomic mass is 127. The minimum Gasteiger partial charge on any atom is -0.449 e. The van der Waals surface area contributed by atoms with Crippen LogP contribution in [0.4, 0.5) is 4.79 Å². The number of halogens is 1. The van der Waals surface area contributed by atoms with Gasteiger partial charge in [0.2, 0.25) is 17.7 Å². The number of hydrogen-bond donors (Lipinski definition) is 9. The Bertz CT molecular complexity index is 5120. The molecule has 7 heterocycles. The van der Waals surface area contributed by atoms with Gasteiger partial charge in [-0.05, 0) is 127 Å². The highest BCUT2D eigenvalue weighted by molar-refractivity contribution is 14.0. The van der Waals surface area contributed by atoms with Gasteiger partial charge < -0.3 is 51.3 Å². The second kappa shape index (κ2) is 31.8. The Morgan fingerprint density at radius 1 is 0.475 bits per heavy atom. The Morgan fingerprint density at radius 3 is 1.40 bits per heavy atom. The molecule has 6 aromatic heterocycles. The minimum atomic E-state index is -0.923. The van der Waals surface area contributed by atoms with Crippen LogP contribution in [0.3, 0.4) is 0 Å². The summed E-state index contributed by atoms with van der Waals surface area (Å²) in [7, 11) is 0. The molecule has 101 heavy (non-hydrogen) atoms. The third-order valence-corrected chi connectivity index (χ3v) is 21.1. The van der Waals surface area contributed by atoms with Crippen LogP contribution in [0.5, 0.6) is 0 Å². The van der Waals surface area contributed by atoms with Gasteiger partial charge in [-0.15, -0.1) is 46.7 Å². The van der Waals surface area contributed by atoms with Gasteiger partial charge in [-0.25, -0.2) is 14.8 Å². The summed E-state index contributed by atoms with van der Waals surface area (Å²) in [6, 6.07) is 66.4. The van der Waals surface area contributed by atoms with Gasteiger partial charge in [0.05, 0.1) is 35.9 Å². The average molecular weight is 1490 g/mol. The largest absolute Gasteiger partial charge is 0.449 e. The Morgan fingerprint density at radius 2 is 0.901 bits per heavy atom. The standard InChI is InChI=1S/C45H37N5O3S.C36H36N6O2S.CH4.HI/c51-44(49-39(22-29-24-46-38-20-10-8-14-31(29)38)43-47-25-41(48-43)28-12-2-1-3-13-28)40(23-30-27-54-42-21-11-9-15-32(30)42)50-45(52)53-26-37-35-18-6-4-16-33(35)34-17-5-7-19-36(34)37;43-35(24-14-16-37-17-15-24)42-31(19-26-22-45-33-13-7-5-11-28(26)33)36(44)41-30(18-25-20-38-29-12-6-4-10-27(25)29)34-39-21-32(40-34)23-8-2-1-3-9-23;;/h1-21,24-25,27,37,39-40,46H,22-23,26H2,(H,47,48)(H,49,51)(H,50,52);1-13,20-22,24,30-31,37-38H,14-19H2,(H,39,40)(H,41,44)(H,42,43);1H4;1H/t39-,40-;30-,31-;;/m11../s1. The molecule has 16 rings (SSSR count). The quantitative estimate of drug-likeness (QED) is 0.0314. The number of nitrogens with zero attached hydrogens (tertiary/aromatic N) is 2. The number of carbonyl (C=O) groups excluding carboxylic acids is 4. The smallest absolute Gasteiger partial charge is 0.407 e. The predicted molar refractivity (Wildman–Crippen MR) is 417 cm³/mol. The number of aromatic nitrogens is 6. The molecule has 19 heteroatoms. The molecule has 1 aliphatic heterocycles. The summed E-state index contributed by atoms with van der Waals surface area (Å²) in [4.78, 5) is 79.2. The van der Waals surface area contributed by atoms with Crippen molar-refractivity contribution in [3.05, 3.63) is 287 Å². The second-order valence-electron chi connectivity index (χ2n) is 25.4. The van der Waals surface area contributed by atoms with Gasteiger partial charge in [0.25, 0.3) is 0 Å². The molecule has 510 valence electrons. The summed E-state index contributed by atoms with van der Waals surface area (Å²) < 4.78 is 8.24. The number of fused-ring (bicyclic) bond motifs is 7. The van der Waals surface area contributed by atoms with Gasteiger partial charge in [-0.3, -0.25) is 14.4 Å². The number of carbonyl (C=O) groups is 4. The van der Waals surface area contributed by atoms with E-state index in [1.165, 1.54) is 0 Å². The zero-order valence-electron chi connectivity index (χ0n) is 54.6. The van der Waals surface area contributed by atoms with E-state index in [1.54, 1.807) is 28.9 Å². The number of amides is 4. The summed E-state index contributed by atoms with van der Waals surface area (Å²) >= 11 is 3.28. The minimum absolute atomic E-state index is 0. The van der Waals surface area contributed by atoms with Crippen molar-refractivity contribution in [1.82, 2.24) is 56.5 Å². The van der Waals surface area contributed by atoms with E-state index in [9.17, 15) is 19.2 Å². The van der Waals surface area contributed by atoms with Crippen LogP contribution in [-0.2, 0) is 44.8 Å². The summed E-state index contributed by atoms with van der Waals surface area (Å²) in [6.45, 7) is 1.76. The number of hydrogen-bond acceptors (Lipinski definition) is 10. The fourth-order valence-corrected chi connectivity index (χ4v) is 15.9. The van der Waals surface area contributed by atoms with E-state index in [1.807, 2.05) is 164 Å². The van der Waals surface area contributed by atoms with E-state index in [-0.39, 0.29) is 74.0 Å². The lowest BCUT2D eigenvalue weighted by Crippen LogP contribution is -2.51. The Hall–Kier alpha value is -10.5. The van der Waals surface area contributed by atoms with Crippen LogP contribution in [0.1, 0.15) is 83.3 Å². The summed E-state index contributed by atoms with van der Waals surface area (Å²) in [5.41, 5.74) is 14.5. The first-order valence-corrected chi connectivity index (χ1v) is 35.4. The molecule has 0 spiro atoms. The zero-order valence-corrected chi connectivity index (χ0v) is 58.5. The van der Waals surface area contributed by atoms with Crippen molar-refractivity contribution in [3.8, 4) is 33.6 Å². The van der Waals surface area contributed by atoms with Crippen molar-refractivity contribution in [2.75, 3.05) is 19.7 Å². The third-order valence-electron chi connectivity index (χ3n) is 19.1. The van der Waals surface area contributed by atoms with Crippen molar-refractivity contribution in [1.29, 1.82) is 0 Å². The van der Waals surface area contributed by atoms with Crippen LogP contribution in [0, 0.1) is 5.92 Å². The van der Waals surface area contributed by atoms with Crippen LogP contribution in [0.25, 0.3) is 75.6 Å². The van der Waals surface area contributed by atoms with Gasteiger partial charge in [-0.1, -0.05) is 189 Å². The number of alkyl carbamates (subject to hydrolysis) is 1. The molecule has 0 saturated carbocycles. The maximum atomic E-state index is 14.6. The van der Waals surface area contributed by atoms with Crippen molar-refractivity contribution in [2.45, 2.75) is 76.0 Å². The molecular formula is C82H78IN11O5S2. The van der Waals surface area contributed by atoms with Crippen molar-refractivity contribution in [3.63, 3.8) is 0 Å². The monoisotopic (exact) mass is 1490 g/mol. The van der Waals surface area contributed by atoms with Gasteiger partial charge >= 0.3 is 6.09 Å². The molecule has 1 saturated heterocycles. The van der Waals surface area contributed by atoms with E-state index in [0.717, 1.165) is 135 Å². The van der Waals surface area contributed by atoms with Crippen molar-refractivity contribution >= 4 is 112 Å². The Balaban J connectivity index is 0.000000180. The molecule has 8 aromatic carbocycles. The lowest BCUT2D eigenvalue weighted by atomic mass is 9.96. The molecule has 0 unspecified atom stereocenters. The summed E-state index contributed by atoms with van der Waals surface area (Å²) in [5, 5.41) is 24.5. The molecule has 4 atom stereocenters. The maximum Gasteiger partial charge on any atom is 0.407 e. The number of nitrogens with one attached hydrogen (secondary N) is 9. The number of imidazole rings is 2. The van der Waals surface area contributed by atoms with Gasteiger partial charge in [0, 0.05) is 81.1 Å². The van der Waals surface area contributed by atoms with E-state index in [4.69, 9.17) is 14.7 Å². The first kappa shape index (κ1) is 69.0. The molecule has 1 fully saturated rings. The molecule has 14 aromatic rings. The highest BCUT2D eigenvalue weighted by Gasteiger charge is 2.34. The van der Waals surface area contributed by atoms with E-state index in [0.29, 0.717) is 30.9 Å². The number of ether oxygens (including phenoxy) is 1. The molecule has 2 aliphatic rings. The van der Waals surface area contributed by atoms with Gasteiger partial charge in [-0.2, -0.15) is 0 Å². The van der Waals surface area contributed by atoms with E-state index in [2.05, 4.69) is 118 Å². The molecule has 9 N–H and O–H groups in total. The summed E-state index contributed by atoms with van der Waals surface area (Å²) in [5.74, 6) is 0.450. The van der Waals surface area contributed by atoms with Crippen molar-refractivity contribution < 1.29 is 23.9 Å². The topological polar surface area (TPSA) is 227 Å². The lowest BCUT2D eigenvalue weighted by Gasteiger charge is -2.26. The number of piperidine rings is 1. The number of thiophene rings is 2. The fraction of sp³-hybridized carbons (Fsp3) is 0.195. The average Bonchev–Trinajstić information content (AvgIpc) is 1.61. The van der Waals surface area contributed by atoms with Crippen LogP contribution >= 0.6 is 46.7 Å². The van der Waals surface area contributed by atoms with Gasteiger partial charge in [0.1, 0.15) is 30.3 Å². The second-order valence-corrected chi connectivity index (χ2v) is 27.2. The number of aromatic amines is 4. The maximum absolute atomic E-state index is 14.6. The van der Waals surface area contributed by atoms with E-state index >= 15 is 0 Å². The van der Waals surface area contributed by atoms with Crippen LogP contribution < -0.4 is 26.6 Å². The van der Waals surface area contributed by atoms with Crippen LogP contribution in [-0.4, -0.2) is 85.5 Å². The SMILES string of the molecule is C.I.O=C(N[C@H](Cc1csc2ccccc12)C(=O)N[C@H](Cc1c[nH]c2ccccc12)c1ncc(-c2ccccc2)[nH]1)C1CCNCC1.O=C(N[C@H](Cc1csc2ccccc12)C(=O)N[C@H](Cc1c[nH]c2ccccc12)c1ncc(-c2ccccc2)[nH]1)OCC1c2ccccc2-c2ccccc21. The molecule has 0 radical (unpaired) electrons. The zero-order chi connectivity index (χ0) is 67.0. The van der Waals surface area contributed by atoms with Crippen molar-refractivity contribution in [2.24, 2.45) is 5.92 Å². The van der Waals surface area contributed by atoms with Crippen LogP contribution in [0.2, 0.25) is 0 Å². The van der Waals surface area contributed by atoms with Gasteiger partial charge in [0.15, 0.2) is 0 Å². The number of para-hydroxylation sites is 2. The first-order valence-electron chi connectivity index (χ1n) is 33.7. The normalized spacial score (nSPS) is 13.9.